The molecule has 1 fully saturated rings. The van der Waals surface area contributed by atoms with Gasteiger partial charge in [0.2, 0.25) is 0 Å². The van der Waals surface area contributed by atoms with Crippen LogP contribution in [0.2, 0.25) is 0 Å². The molecule has 1 rings (SSSR count). The highest BCUT2D eigenvalue weighted by Gasteiger charge is 2.52. The number of nitrogens with two attached hydrogens (primary N) is 1. The van der Waals surface area contributed by atoms with Gasteiger partial charge >= 0.3 is 0 Å². The molecule has 18 heavy (non-hydrogen) atoms. The van der Waals surface area contributed by atoms with Crippen molar-refractivity contribution in [3.8, 4) is 0 Å². The van der Waals surface area contributed by atoms with Crippen LogP contribution < -0.4 is 5.73 Å². The molecule has 0 spiro atoms. The summed E-state index contributed by atoms with van der Waals surface area (Å²) in [6, 6.07) is 0. The molecule has 0 aromatic rings. The average Bonchev–Trinajstić information content (AvgIpc) is 2.38. The van der Waals surface area contributed by atoms with E-state index in [1.165, 1.54) is 19.3 Å². The average molecular weight is 257 g/mol. The molecule has 0 saturated heterocycles. The molecule has 0 heterocycles. The van der Waals surface area contributed by atoms with Gasteiger partial charge in [-0.15, -0.1) is 0 Å². The zero-order valence-corrected chi connectivity index (χ0v) is 12.5. The predicted molar refractivity (Wildman–Crippen MR) is 75.4 cm³/mol. The summed E-state index contributed by atoms with van der Waals surface area (Å²) in [7, 11) is 1.66. The first-order chi connectivity index (χ1) is 8.45. The SMILES string of the molecule is CCC1CCCC(CN)(C(O)(COC)C(C)C)C1. The largest absolute Gasteiger partial charge is 0.387 e. The first kappa shape index (κ1) is 15.9. The Morgan fingerprint density at radius 2 is 2.17 bits per heavy atom. The predicted octanol–water partition coefficient (Wildman–Crippen LogP) is 2.57. The van der Waals surface area contributed by atoms with E-state index < -0.39 is 5.60 Å². The smallest absolute Gasteiger partial charge is 0.0970 e. The molecule has 3 nitrogen and oxygen atoms in total. The summed E-state index contributed by atoms with van der Waals surface area (Å²) in [6.45, 7) is 7.33. The molecule has 0 amide bonds. The van der Waals surface area contributed by atoms with Crippen LogP contribution in [0.5, 0.6) is 0 Å². The number of rotatable bonds is 6. The standard InChI is InChI=1S/C15H31NO2/c1-5-13-7-6-8-14(9-13,10-16)15(17,11-18-4)12(2)3/h12-13,17H,5-11,16H2,1-4H3. The van der Waals surface area contributed by atoms with Crippen LogP contribution in [0.25, 0.3) is 0 Å². The minimum Gasteiger partial charge on any atom is -0.387 e. The lowest BCUT2D eigenvalue weighted by molar-refractivity contribution is -0.169. The molecule has 0 radical (unpaired) electrons. The monoisotopic (exact) mass is 257 g/mol. The summed E-state index contributed by atoms with van der Waals surface area (Å²) in [4.78, 5) is 0. The van der Waals surface area contributed by atoms with Crippen molar-refractivity contribution < 1.29 is 9.84 Å². The summed E-state index contributed by atoms with van der Waals surface area (Å²) >= 11 is 0. The Labute approximate surface area is 112 Å². The van der Waals surface area contributed by atoms with Crippen molar-refractivity contribution >= 4 is 0 Å². The Kier molecular flexibility index (Phi) is 5.63. The minimum atomic E-state index is -0.801. The summed E-state index contributed by atoms with van der Waals surface area (Å²) in [5.41, 5.74) is 5.12. The maximum atomic E-state index is 11.2. The number of hydrogen-bond acceptors (Lipinski definition) is 3. The number of aliphatic hydroxyl groups is 1. The molecule has 3 unspecified atom stereocenters. The van der Waals surface area contributed by atoms with Crippen molar-refractivity contribution in [1.29, 1.82) is 0 Å². The van der Waals surface area contributed by atoms with E-state index in [1.807, 2.05) is 0 Å². The molecule has 0 bridgehead atoms. The number of hydrogen-bond donors (Lipinski definition) is 2. The molecule has 3 N–H and O–H groups in total. The summed E-state index contributed by atoms with van der Waals surface area (Å²) in [5, 5.41) is 11.2. The lowest BCUT2D eigenvalue weighted by Crippen LogP contribution is -2.60. The fourth-order valence-electron chi connectivity index (χ4n) is 3.74. The van der Waals surface area contributed by atoms with E-state index in [0.29, 0.717) is 19.1 Å². The second kappa shape index (κ2) is 6.36. The molecular formula is C15H31NO2. The van der Waals surface area contributed by atoms with E-state index >= 15 is 0 Å². The normalized spacial score (nSPS) is 32.5. The maximum absolute atomic E-state index is 11.2. The molecule has 0 aromatic carbocycles. The second-order valence-electron chi connectivity index (χ2n) is 6.37. The van der Waals surface area contributed by atoms with Gasteiger partial charge in [-0.3, -0.25) is 0 Å². The number of ether oxygens (including phenoxy) is 1. The molecule has 0 aromatic heterocycles. The number of methoxy groups -OCH3 is 1. The first-order valence-corrected chi connectivity index (χ1v) is 7.37. The van der Waals surface area contributed by atoms with Gasteiger partial charge in [-0.2, -0.15) is 0 Å². The highest BCUT2D eigenvalue weighted by molar-refractivity contribution is 5.04. The molecule has 108 valence electrons. The van der Waals surface area contributed by atoms with Crippen molar-refractivity contribution in [2.24, 2.45) is 23.0 Å². The van der Waals surface area contributed by atoms with Crippen molar-refractivity contribution in [3.05, 3.63) is 0 Å². The van der Waals surface area contributed by atoms with Crippen molar-refractivity contribution in [2.45, 2.75) is 58.5 Å². The van der Waals surface area contributed by atoms with Crippen LogP contribution in [0, 0.1) is 17.3 Å². The lowest BCUT2D eigenvalue weighted by atomic mass is 9.57. The van der Waals surface area contributed by atoms with E-state index in [-0.39, 0.29) is 11.3 Å². The van der Waals surface area contributed by atoms with E-state index in [1.54, 1.807) is 7.11 Å². The highest BCUT2D eigenvalue weighted by Crippen LogP contribution is 2.50. The van der Waals surface area contributed by atoms with Crippen LogP contribution >= 0.6 is 0 Å². The van der Waals surface area contributed by atoms with Gasteiger partial charge in [-0.25, -0.2) is 0 Å². The third-order valence-corrected chi connectivity index (χ3v) is 5.15. The molecule has 0 aliphatic heterocycles. The zero-order chi connectivity index (χ0) is 13.8. The third-order valence-electron chi connectivity index (χ3n) is 5.15. The van der Waals surface area contributed by atoms with E-state index in [2.05, 4.69) is 20.8 Å². The van der Waals surface area contributed by atoms with Gasteiger partial charge in [0.1, 0.15) is 0 Å². The van der Waals surface area contributed by atoms with Crippen LogP contribution in [0.3, 0.4) is 0 Å². The van der Waals surface area contributed by atoms with Crippen LogP contribution in [0.15, 0.2) is 0 Å². The van der Waals surface area contributed by atoms with Crippen molar-refractivity contribution in [1.82, 2.24) is 0 Å². The topological polar surface area (TPSA) is 55.5 Å². The fraction of sp³-hybridized carbons (Fsp3) is 1.00. The summed E-state index contributed by atoms with van der Waals surface area (Å²) < 4.78 is 5.31. The maximum Gasteiger partial charge on any atom is 0.0970 e. The third kappa shape index (κ3) is 2.73. The zero-order valence-electron chi connectivity index (χ0n) is 12.5. The molecule has 1 aliphatic carbocycles. The second-order valence-corrected chi connectivity index (χ2v) is 6.37. The summed E-state index contributed by atoms with van der Waals surface area (Å²) in [5.74, 6) is 0.862. The van der Waals surface area contributed by atoms with E-state index in [4.69, 9.17) is 10.5 Å². The van der Waals surface area contributed by atoms with Gasteiger partial charge in [0.05, 0.1) is 12.2 Å². The van der Waals surface area contributed by atoms with Crippen LogP contribution in [0.4, 0.5) is 0 Å². The Balaban J connectivity index is 3.02. The Bertz CT molecular complexity index is 257. The first-order valence-electron chi connectivity index (χ1n) is 7.37. The Morgan fingerprint density at radius 1 is 1.50 bits per heavy atom. The summed E-state index contributed by atoms with van der Waals surface area (Å²) in [6.07, 6.45) is 5.70. The highest BCUT2D eigenvalue weighted by atomic mass is 16.5. The molecule has 3 atom stereocenters. The van der Waals surface area contributed by atoms with Crippen LogP contribution in [-0.4, -0.2) is 31.0 Å². The van der Waals surface area contributed by atoms with E-state index in [9.17, 15) is 5.11 Å². The Hall–Kier alpha value is -0.120. The van der Waals surface area contributed by atoms with Crippen LogP contribution in [-0.2, 0) is 4.74 Å². The molecule has 3 heteroatoms. The lowest BCUT2D eigenvalue weighted by Gasteiger charge is -2.53. The molecule has 1 saturated carbocycles. The van der Waals surface area contributed by atoms with Gasteiger partial charge in [-0.05, 0) is 24.7 Å². The van der Waals surface area contributed by atoms with Gasteiger partial charge in [0, 0.05) is 19.1 Å². The molecule has 1 aliphatic rings. The van der Waals surface area contributed by atoms with Crippen molar-refractivity contribution in [3.63, 3.8) is 0 Å². The van der Waals surface area contributed by atoms with Gasteiger partial charge < -0.3 is 15.6 Å². The molecular weight excluding hydrogens is 226 g/mol. The fourth-order valence-corrected chi connectivity index (χ4v) is 3.74. The quantitative estimate of drug-likeness (QED) is 0.769. The van der Waals surface area contributed by atoms with Gasteiger partial charge in [0.15, 0.2) is 0 Å². The van der Waals surface area contributed by atoms with E-state index in [0.717, 1.165) is 12.8 Å². The Morgan fingerprint density at radius 3 is 2.61 bits per heavy atom. The van der Waals surface area contributed by atoms with Crippen LogP contribution in [0.1, 0.15) is 52.9 Å². The van der Waals surface area contributed by atoms with Gasteiger partial charge in [-0.1, -0.05) is 40.0 Å². The van der Waals surface area contributed by atoms with Gasteiger partial charge in [0.25, 0.3) is 0 Å². The van der Waals surface area contributed by atoms with Crippen molar-refractivity contribution in [2.75, 3.05) is 20.3 Å². The minimum absolute atomic E-state index is 0.164.